The molecule has 0 aliphatic rings. The van der Waals surface area contributed by atoms with Crippen molar-refractivity contribution in [2.24, 2.45) is 0 Å². The van der Waals surface area contributed by atoms with Crippen LogP contribution in [-0.2, 0) is 4.79 Å². The zero-order valence-electron chi connectivity index (χ0n) is 15.9. The highest BCUT2D eigenvalue weighted by atomic mass is 35.5. The van der Waals surface area contributed by atoms with Crippen molar-refractivity contribution in [3.05, 3.63) is 63.6 Å². The van der Waals surface area contributed by atoms with E-state index in [0.29, 0.717) is 21.7 Å². The van der Waals surface area contributed by atoms with Crippen LogP contribution in [0.15, 0.2) is 42.5 Å². The summed E-state index contributed by atoms with van der Waals surface area (Å²) in [7, 11) is 0. The van der Waals surface area contributed by atoms with Crippen LogP contribution in [0.25, 0.3) is 0 Å². The van der Waals surface area contributed by atoms with Gasteiger partial charge in [-0.3, -0.25) is 25.8 Å². The molecule has 0 aromatic heterocycles. The molecule has 29 heavy (non-hydrogen) atoms. The maximum Gasteiger partial charge on any atom is 0.276 e. The van der Waals surface area contributed by atoms with Gasteiger partial charge in [0.1, 0.15) is 5.75 Å². The number of hydrogen-bond donors (Lipinski definition) is 3. The monoisotopic (exact) mass is 453 g/mol. The van der Waals surface area contributed by atoms with Crippen molar-refractivity contribution in [2.45, 2.75) is 26.2 Å². The van der Waals surface area contributed by atoms with Crippen LogP contribution >= 0.6 is 35.4 Å². The number of nitrogens with one attached hydrogen (secondary N) is 3. The molecule has 0 aliphatic heterocycles. The standard InChI is InChI=1S/C20H21Cl2N3O3S/c1-3-12(2)16-6-4-5-7-17(16)28-11-18(26)24-25-20(29)23-19(27)13-8-14(21)10-15(22)9-13/h4-10,12H,3,11H2,1-2H3,(H,24,26)(H2,23,25,27,29). The van der Waals surface area contributed by atoms with Crippen molar-refractivity contribution in [2.75, 3.05) is 6.61 Å². The Morgan fingerprint density at radius 3 is 2.41 bits per heavy atom. The third-order valence-electron chi connectivity index (χ3n) is 4.09. The number of hydrogen-bond acceptors (Lipinski definition) is 4. The van der Waals surface area contributed by atoms with Crippen molar-refractivity contribution < 1.29 is 14.3 Å². The van der Waals surface area contributed by atoms with E-state index in [1.807, 2.05) is 24.3 Å². The summed E-state index contributed by atoms with van der Waals surface area (Å²) in [6.45, 7) is 3.98. The SMILES string of the molecule is CCC(C)c1ccccc1OCC(=O)NNC(=S)NC(=O)c1cc(Cl)cc(Cl)c1. The molecule has 0 heterocycles. The summed E-state index contributed by atoms with van der Waals surface area (Å²) in [6, 6.07) is 12.0. The van der Waals surface area contributed by atoms with Crippen LogP contribution < -0.4 is 20.9 Å². The van der Waals surface area contributed by atoms with Gasteiger partial charge in [0.2, 0.25) is 0 Å². The van der Waals surface area contributed by atoms with Crippen molar-refractivity contribution in [1.29, 1.82) is 0 Å². The lowest BCUT2D eigenvalue weighted by Gasteiger charge is -2.16. The molecule has 6 nitrogen and oxygen atoms in total. The molecule has 0 fully saturated rings. The summed E-state index contributed by atoms with van der Waals surface area (Å²) in [5.41, 5.74) is 6.10. The first-order valence-electron chi connectivity index (χ1n) is 8.88. The molecule has 0 saturated carbocycles. The summed E-state index contributed by atoms with van der Waals surface area (Å²) in [6.07, 6.45) is 0.958. The van der Waals surface area contributed by atoms with E-state index in [1.165, 1.54) is 18.2 Å². The maximum absolute atomic E-state index is 12.2. The number of carbonyl (C=O) groups is 2. The van der Waals surface area contributed by atoms with Gasteiger partial charge in [0, 0.05) is 15.6 Å². The third kappa shape index (κ3) is 7.20. The third-order valence-corrected chi connectivity index (χ3v) is 4.73. The van der Waals surface area contributed by atoms with Crippen LogP contribution in [-0.4, -0.2) is 23.5 Å². The molecule has 2 aromatic carbocycles. The molecule has 2 amide bonds. The van der Waals surface area contributed by atoms with Gasteiger partial charge in [-0.05, 0) is 54.4 Å². The van der Waals surface area contributed by atoms with Crippen LogP contribution in [0.4, 0.5) is 0 Å². The molecule has 1 unspecified atom stereocenters. The molecule has 0 aliphatic carbocycles. The Morgan fingerprint density at radius 1 is 1.10 bits per heavy atom. The van der Waals surface area contributed by atoms with Crippen LogP contribution in [0.2, 0.25) is 10.0 Å². The van der Waals surface area contributed by atoms with E-state index in [0.717, 1.165) is 12.0 Å². The minimum absolute atomic E-state index is 0.0838. The predicted molar refractivity (Wildman–Crippen MR) is 118 cm³/mol. The lowest BCUT2D eigenvalue weighted by Crippen LogP contribution is -2.49. The maximum atomic E-state index is 12.2. The molecule has 0 bridgehead atoms. The summed E-state index contributed by atoms with van der Waals surface area (Å²) in [4.78, 5) is 24.2. The Hall–Kier alpha value is -2.35. The average molecular weight is 454 g/mol. The van der Waals surface area contributed by atoms with Crippen molar-refractivity contribution >= 4 is 52.3 Å². The molecule has 1 atom stereocenters. The zero-order chi connectivity index (χ0) is 21.4. The number of thiocarbonyl (C=S) groups is 1. The number of rotatable bonds is 6. The van der Waals surface area contributed by atoms with E-state index in [-0.39, 0.29) is 17.3 Å². The molecule has 0 saturated heterocycles. The smallest absolute Gasteiger partial charge is 0.276 e. The van der Waals surface area contributed by atoms with Crippen LogP contribution in [0.5, 0.6) is 5.75 Å². The second-order valence-electron chi connectivity index (χ2n) is 6.25. The van der Waals surface area contributed by atoms with Gasteiger partial charge in [0.05, 0.1) is 0 Å². The number of benzene rings is 2. The van der Waals surface area contributed by atoms with E-state index in [2.05, 4.69) is 30.0 Å². The number of halogens is 2. The fraction of sp³-hybridized carbons (Fsp3) is 0.250. The van der Waals surface area contributed by atoms with Crippen molar-refractivity contribution in [3.63, 3.8) is 0 Å². The molecule has 0 spiro atoms. The summed E-state index contributed by atoms with van der Waals surface area (Å²) < 4.78 is 5.62. The van der Waals surface area contributed by atoms with Crippen LogP contribution in [0, 0.1) is 0 Å². The Balaban J connectivity index is 1.82. The fourth-order valence-corrected chi connectivity index (χ4v) is 3.11. The number of amides is 2. The molecule has 2 aromatic rings. The van der Waals surface area contributed by atoms with Gasteiger partial charge in [-0.1, -0.05) is 55.2 Å². The van der Waals surface area contributed by atoms with Crippen LogP contribution in [0.3, 0.4) is 0 Å². The molecule has 3 N–H and O–H groups in total. The van der Waals surface area contributed by atoms with Gasteiger partial charge in [-0.2, -0.15) is 0 Å². The quantitative estimate of drug-likeness (QED) is 0.450. The van der Waals surface area contributed by atoms with E-state index < -0.39 is 11.8 Å². The van der Waals surface area contributed by atoms with Gasteiger partial charge >= 0.3 is 0 Å². The highest BCUT2D eigenvalue weighted by Gasteiger charge is 2.13. The number of ether oxygens (including phenoxy) is 1. The van der Waals surface area contributed by atoms with E-state index >= 15 is 0 Å². The van der Waals surface area contributed by atoms with Gasteiger partial charge in [0.25, 0.3) is 11.8 Å². The second-order valence-corrected chi connectivity index (χ2v) is 7.53. The zero-order valence-corrected chi connectivity index (χ0v) is 18.3. The lowest BCUT2D eigenvalue weighted by molar-refractivity contribution is -0.123. The van der Waals surface area contributed by atoms with E-state index in [1.54, 1.807) is 0 Å². The van der Waals surface area contributed by atoms with Gasteiger partial charge in [0.15, 0.2) is 11.7 Å². The van der Waals surface area contributed by atoms with E-state index in [9.17, 15) is 9.59 Å². The van der Waals surface area contributed by atoms with Gasteiger partial charge < -0.3 is 4.74 Å². The molecule has 9 heteroatoms. The molecule has 2 rings (SSSR count). The largest absolute Gasteiger partial charge is 0.483 e. The van der Waals surface area contributed by atoms with Crippen molar-refractivity contribution in [1.82, 2.24) is 16.2 Å². The minimum Gasteiger partial charge on any atom is -0.483 e. The highest BCUT2D eigenvalue weighted by Crippen LogP contribution is 2.28. The predicted octanol–water partition coefficient (Wildman–Crippen LogP) is 4.22. The topological polar surface area (TPSA) is 79.5 Å². The first-order valence-corrected chi connectivity index (χ1v) is 10.0. The number of carbonyl (C=O) groups excluding carboxylic acids is 2. The Bertz CT molecular complexity index is 888. The summed E-state index contributed by atoms with van der Waals surface area (Å²) in [5, 5.41) is 2.98. The Kier molecular flexibility index (Phi) is 8.70. The fourth-order valence-electron chi connectivity index (χ4n) is 2.44. The number of para-hydroxylation sites is 1. The lowest BCUT2D eigenvalue weighted by atomic mass is 9.98. The van der Waals surface area contributed by atoms with Gasteiger partial charge in [-0.15, -0.1) is 0 Å². The molecule has 0 radical (unpaired) electrons. The first kappa shape index (κ1) is 22.9. The minimum atomic E-state index is -0.514. The summed E-state index contributed by atoms with van der Waals surface area (Å²) >= 11 is 16.7. The van der Waals surface area contributed by atoms with E-state index in [4.69, 9.17) is 40.2 Å². The highest BCUT2D eigenvalue weighted by molar-refractivity contribution is 7.80. The molecule has 154 valence electrons. The van der Waals surface area contributed by atoms with Gasteiger partial charge in [-0.25, -0.2) is 0 Å². The molecular weight excluding hydrogens is 433 g/mol. The van der Waals surface area contributed by atoms with Crippen molar-refractivity contribution in [3.8, 4) is 5.75 Å². The Labute approximate surface area is 184 Å². The van der Waals surface area contributed by atoms with Crippen LogP contribution in [0.1, 0.15) is 42.1 Å². The number of hydrazine groups is 1. The average Bonchev–Trinajstić information content (AvgIpc) is 2.69. The molecular formula is C20H21Cl2N3O3S. The Morgan fingerprint density at radius 2 is 1.76 bits per heavy atom. The first-order chi connectivity index (χ1) is 13.8. The second kappa shape index (κ2) is 11.0. The normalized spacial score (nSPS) is 11.3. The summed E-state index contributed by atoms with van der Waals surface area (Å²) in [5.74, 6) is 0.00659.